The summed E-state index contributed by atoms with van der Waals surface area (Å²) in [6.45, 7) is 6.58. The van der Waals surface area contributed by atoms with Gasteiger partial charge >= 0.3 is 0 Å². The molecule has 0 unspecified atom stereocenters. The number of nitrogens with zero attached hydrogens (tertiary/aromatic N) is 1. The fourth-order valence-electron chi connectivity index (χ4n) is 1.37. The summed E-state index contributed by atoms with van der Waals surface area (Å²) < 4.78 is 2.25. The molecular formula is C11H18NS+. The van der Waals surface area contributed by atoms with Gasteiger partial charge in [0, 0.05) is 11.6 Å². The van der Waals surface area contributed by atoms with Gasteiger partial charge in [0.05, 0.1) is 0 Å². The monoisotopic (exact) mass is 196 g/mol. The molecule has 0 N–H and O–H groups in total. The van der Waals surface area contributed by atoms with Crippen molar-refractivity contribution in [3.63, 3.8) is 0 Å². The number of hydrogen-bond acceptors (Lipinski definition) is 1. The van der Waals surface area contributed by atoms with Gasteiger partial charge in [0.2, 0.25) is 0 Å². The predicted octanol–water partition coefficient (Wildman–Crippen LogP) is 2.56. The van der Waals surface area contributed by atoms with Gasteiger partial charge in [0.15, 0.2) is 18.3 Å². The Labute approximate surface area is 85.2 Å². The first kappa shape index (κ1) is 10.6. The van der Waals surface area contributed by atoms with Crippen molar-refractivity contribution < 1.29 is 4.57 Å². The van der Waals surface area contributed by atoms with Gasteiger partial charge in [-0.3, -0.25) is 0 Å². The van der Waals surface area contributed by atoms with E-state index < -0.39 is 0 Å². The zero-order valence-corrected chi connectivity index (χ0v) is 9.53. The number of pyridine rings is 1. The third kappa shape index (κ3) is 3.03. The predicted molar refractivity (Wildman–Crippen MR) is 58.9 cm³/mol. The molecule has 0 aliphatic rings. The highest BCUT2D eigenvalue weighted by molar-refractivity contribution is 7.98. The van der Waals surface area contributed by atoms with E-state index in [-0.39, 0.29) is 0 Å². The molecule has 1 aromatic heterocycles. The Balaban J connectivity index is 2.71. The molecule has 0 atom stereocenters. The molecule has 72 valence electrons. The van der Waals surface area contributed by atoms with Crippen LogP contribution < -0.4 is 4.57 Å². The van der Waals surface area contributed by atoms with E-state index in [1.54, 1.807) is 0 Å². The first-order valence-electron chi connectivity index (χ1n) is 4.84. The molecular weight excluding hydrogens is 178 g/mol. The average molecular weight is 196 g/mol. The van der Waals surface area contributed by atoms with Gasteiger partial charge < -0.3 is 0 Å². The van der Waals surface area contributed by atoms with Gasteiger partial charge in [-0.2, -0.15) is 4.57 Å². The lowest BCUT2D eigenvalue weighted by Gasteiger charge is -2.01. The van der Waals surface area contributed by atoms with E-state index in [1.165, 1.54) is 16.9 Å². The first-order valence-corrected chi connectivity index (χ1v) is 5.99. The van der Waals surface area contributed by atoms with E-state index in [0.717, 1.165) is 12.3 Å². The van der Waals surface area contributed by atoms with Crippen LogP contribution in [0.1, 0.15) is 25.0 Å². The molecule has 0 radical (unpaired) electrons. The minimum atomic E-state index is 1.07. The summed E-state index contributed by atoms with van der Waals surface area (Å²) >= 11 is 1.95. The Kier molecular flexibility index (Phi) is 4.29. The topological polar surface area (TPSA) is 3.88 Å². The van der Waals surface area contributed by atoms with E-state index in [4.69, 9.17) is 0 Å². The molecule has 1 aromatic rings. The maximum absolute atomic E-state index is 2.25. The third-order valence-corrected chi connectivity index (χ3v) is 3.05. The lowest BCUT2D eigenvalue weighted by Crippen LogP contribution is -2.31. The quantitative estimate of drug-likeness (QED) is 0.669. The van der Waals surface area contributed by atoms with Crippen LogP contribution >= 0.6 is 11.8 Å². The van der Waals surface area contributed by atoms with Crippen LogP contribution in [-0.2, 0) is 12.3 Å². The number of hydrogen-bond donors (Lipinski definition) is 0. The SMILES string of the molecule is CCSC[n+]1ccc(CC)c(C)c1. The number of aryl methyl sites for hydroxylation is 2. The largest absolute Gasteiger partial charge is 0.195 e. The van der Waals surface area contributed by atoms with Crippen LogP contribution in [0.3, 0.4) is 0 Å². The molecule has 0 aliphatic heterocycles. The fraction of sp³-hybridized carbons (Fsp3) is 0.545. The summed E-state index contributed by atoms with van der Waals surface area (Å²) in [5.41, 5.74) is 2.86. The zero-order valence-electron chi connectivity index (χ0n) is 8.71. The lowest BCUT2D eigenvalue weighted by atomic mass is 10.1. The molecule has 0 fully saturated rings. The molecule has 2 heteroatoms. The highest BCUT2D eigenvalue weighted by atomic mass is 32.2. The number of thioether (sulfide) groups is 1. The van der Waals surface area contributed by atoms with Gasteiger partial charge in [-0.15, -0.1) is 0 Å². The van der Waals surface area contributed by atoms with E-state index in [9.17, 15) is 0 Å². The minimum Gasteiger partial charge on any atom is -0.195 e. The second kappa shape index (κ2) is 5.28. The molecule has 0 bridgehead atoms. The molecule has 0 amide bonds. The van der Waals surface area contributed by atoms with E-state index in [0.29, 0.717) is 0 Å². The van der Waals surface area contributed by atoms with Gasteiger partial charge in [-0.1, -0.05) is 25.6 Å². The van der Waals surface area contributed by atoms with E-state index in [2.05, 4.69) is 43.8 Å². The summed E-state index contributed by atoms with van der Waals surface area (Å²) in [4.78, 5) is 0. The molecule has 0 saturated heterocycles. The van der Waals surface area contributed by atoms with E-state index >= 15 is 0 Å². The van der Waals surface area contributed by atoms with Crippen molar-refractivity contribution in [1.82, 2.24) is 0 Å². The van der Waals surface area contributed by atoms with Crippen LogP contribution in [0.25, 0.3) is 0 Å². The highest BCUT2D eigenvalue weighted by Gasteiger charge is 2.03. The highest BCUT2D eigenvalue weighted by Crippen LogP contribution is 2.05. The van der Waals surface area contributed by atoms with Crippen molar-refractivity contribution in [2.75, 3.05) is 5.75 Å². The number of aromatic nitrogens is 1. The maximum Gasteiger partial charge on any atom is 0.194 e. The fourth-order valence-corrected chi connectivity index (χ4v) is 1.92. The van der Waals surface area contributed by atoms with Crippen molar-refractivity contribution in [1.29, 1.82) is 0 Å². The van der Waals surface area contributed by atoms with Crippen molar-refractivity contribution in [3.8, 4) is 0 Å². The van der Waals surface area contributed by atoms with Crippen LogP contribution in [0, 0.1) is 6.92 Å². The molecule has 13 heavy (non-hydrogen) atoms. The van der Waals surface area contributed by atoms with Gasteiger partial charge in [-0.05, 0) is 24.7 Å². The molecule has 1 heterocycles. The van der Waals surface area contributed by atoms with Crippen LogP contribution in [-0.4, -0.2) is 5.75 Å². The third-order valence-electron chi connectivity index (χ3n) is 2.16. The van der Waals surface area contributed by atoms with E-state index in [1.807, 2.05) is 11.8 Å². The van der Waals surface area contributed by atoms with Crippen LogP contribution in [0.5, 0.6) is 0 Å². The summed E-state index contributed by atoms with van der Waals surface area (Å²) in [5, 5.41) is 0. The molecule has 1 nitrogen and oxygen atoms in total. The Morgan fingerprint density at radius 1 is 1.38 bits per heavy atom. The maximum atomic E-state index is 2.25. The first-order chi connectivity index (χ1) is 6.27. The summed E-state index contributed by atoms with van der Waals surface area (Å²) in [6.07, 6.45) is 5.55. The lowest BCUT2D eigenvalue weighted by molar-refractivity contribution is -0.676. The van der Waals surface area contributed by atoms with Gasteiger partial charge in [0.1, 0.15) is 0 Å². The second-order valence-electron chi connectivity index (χ2n) is 3.14. The Bertz CT molecular complexity index is 271. The normalized spacial score (nSPS) is 10.4. The number of rotatable bonds is 4. The molecule has 0 spiro atoms. The van der Waals surface area contributed by atoms with Crippen molar-refractivity contribution in [2.45, 2.75) is 33.1 Å². The molecule has 0 aliphatic carbocycles. The zero-order chi connectivity index (χ0) is 9.68. The smallest absolute Gasteiger partial charge is 0.194 e. The van der Waals surface area contributed by atoms with Crippen LogP contribution in [0.2, 0.25) is 0 Å². The average Bonchev–Trinajstić information content (AvgIpc) is 2.15. The molecule has 1 rings (SSSR count). The minimum absolute atomic E-state index is 1.07. The van der Waals surface area contributed by atoms with Gasteiger partial charge in [0.25, 0.3) is 0 Å². The Morgan fingerprint density at radius 2 is 2.15 bits per heavy atom. The van der Waals surface area contributed by atoms with Crippen molar-refractivity contribution >= 4 is 11.8 Å². The Morgan fingerprint density at radius 3 is 2.69 bits per heavy atom. The van der Waals surface area contributed by atoms with Crippen LogP contribution in [0.4, 0.5) is 0 Å². The summed E-state index contributed by atoms with van der Waals surface area (Å²) in [7, 11) is 0. The standard InChI is InChI=1S/C11H18NS/c1-4-11-6-7-12(8-10(11)3)9-13-5-2/h6-8H,4-5,9H2,1-3H3/q+1. The van der Waals surface area contributed by atoms with Gasteiger partial charge in [-0.25, -0.2) is 0 Å². The Hall–Kier alpha value is -0.500. The second-order valence-corrected chi connectivity index (χ2v) is 4.39. The molecule has 0 aromatic carbocycles. The summed E-state index contributed by atoms with van der Waals surface area (Å²) in [5.74, 6) is 2.25. The van der Waals surface area contributed by atoms with Crippen molar-refractivity contribution in [2.24, 2.45) is 0 Å². The molecule has 0 saturated carbocycles. The van der Waals surface area contributed by atoms with Crippen LogP contribution in [0.15, 0.2) is 18.5 Å². The van der Waals surface area contributed by atoms with Crippen molar-refractivity contribution in [3.05, 3.63) is 29.6 Å². The summed E-state index contributed by atoms with van der Waals surface area (Å²) in [6, 6.07) is 2.23.